The molecule has 1 aromatic carbocycles. The predicted octanol–water partition coefficient (Wildman–Crippen LogP) is 3.78. The number of rotatable bonds is 6. The number of halogens is 3. The number of hydrogen-bond donors (Lipinski definition) is 1. The second-order valence-corrected chi connectivity index (χ2v) is 4.89. The van der Waals surface area contributed by atoms with Gasteiger partial charge in [-0.05, 0) is 43.1 Å². The van der Waals surface area contributed by atoms with Gasteiger partial charge in [0.2, 0.25) is 0 Å². The summed E-state index contributed by atoms with van der Waals surface area (Å²) < 4.78 is 40.4. The van der Waals surface area contributed by atoms with Crippen molar-refractivity contribution in [2.75, 3.05) is 6.54 Å². The minimum atomic E-state index is -0.630. The third-order valence-electron chi connectivity index (χ3n) is 3.18. The number of aromatic nitrogens is 1. The molecule has 112 valence electrons. The van der Waals surface area contributed by atoms with E-state index in [0.29, 0.717) is 24.1 Å². The molecule has 1 N–H and O–H groups in total. The van der Waals surface area contributed by atoms with Crippen molar-refractivity contribution in [1.82, 2.24) is 10.3 Å². The van der Waals surface area contributed by atoms with E-state index in [0.717, 1.165) is 18.7 Å². The van der Waals surface area contributed by atoms with Crippen molar-refractivity contribution >= 4 is 0 Å². The first-order chi connectivity index (χ1) is 10.1. The summed E-state index contributed by atoms with van der Waals surface area (Å²) in [5, 5.41) is 3.20. The lowest BCUT2D eigenvalue weighted by molar-refractivity contribution is 0.492. The second kappa shape index (κ2) is 7.22. The van der Waals surface area contributed by atoms with E-state index in [1.807, 2.05) is 6.92 Å². The molecule has 0 radical (unpaired) electrons. The van der Waals surface area contributed by atoms with E-state index in [2.05, 4.69) is 10.3 Å². The maximum absolute atomic E-state index is 13.9. The number of nitrogens with zero attached hydrogens (tertiary/aromatic N) is 1. The van der Waals surface area contributed by atoms with Crippen molar-refractivity contribution in [3.05, 3.63) is 65.2 Å². The van der Waals surface area contributed by atoms with Crippen LogP contribution in [0.1, 0.15) is 30.5 Å². The fourth-order valence-electron chi connectivity index (χ4n) is 2.24. The van der Waals surface area contributed by atoms with E-state index >= 15 is 0 Å². The minimum absolute atomic E-state index is 0.301. The third kappa shape index (κ3) is 4.29. The van der Waals surface area contributed by atoms with Gasteiger partial charge in [-0.2, -0.15) is 0 Å². The molecule has 0 aliphatic carbocycles. The van der Waals surface area contributed by atoms with Crippen LogP contribution in [0, 0.1) is 17.5 Å². The van der Waals surface area contributed by atoms with E-state index in [-0.39, 0.29) is 6.04 Å². The van der Waals surface area contributed by atoms with Crippen LogP contribution < -0.4 is 5.32 Å². The third-order valence-corrected chi connectivity index (χ3v) is 3.18. The summed E-state index contributed by atoms with van der Waals surface area (Å²) in [6.07, 6.45) is 3.82. The summed E-state index contributed by atoms with van der Waals surface area (Å²) in [5.41, 5.74) is 0.931. The Morgan fingerprint density at radius 3 is 2.48 bits per heavy atom. The molecule has 0 aliphatic rings. The van der Waals surface area contributed by atoms with Gasteiger partial charge in [0.15, 0.2) is 0 Å². The average molecular weight is 294 g/mol. The van der Waals surface area contributed by atoms with Crippen LogP contribution in [-0.2, 0) is 6.42 Å². The van der Waals surface area contributed by atoms with Crippen molar-refractivity contribution < 1.29 is 13.2 Å². The van der Waals surface area contributed by atoms with Gasteiger partial charge >= 0.3 is 0 Å². The number of nitrogens with one attached hydrogen (secondary N) is 1. The summed E-state index contributed by atoms with van der Waals surface area (Å²) in [7, 11) is 0. The van der Waals surface area contributed by atoms with Crippen molar-refractivity contribution in [2.24, 2.45) is 0 Å². The topological polar surface area (TPSA) is 24.9 Å². The smallest absolute Gasteiger partial charge is 0.146 e. The van der Waals surface area contributed by atoms with Crippen molar-refractivity contribution in [2.45, 2.75) is 25.8 Å². The lowest BCUT2D eigenvalue weighted by atomic mass is 9.99. The van der Waals surface area contributed by atoms with Gasteiger partial charge in [-0.25, -0.2) is 13.2 Å². The van der Waals surface area contributed by atoms with E-state index < -0.39 is 17.5 Å². The van der Waals surface area contributed by atoms with Crippen LogP contribution in [0.25, 0.3) is 0 Å². The molecule has 2 aromatic rings. The highest BCUT2D eigenvalue weighted by Gasteiger charge is 2.16. The Morgan fingerprint density at radius 2 is 1.86 bits per heavy atom. The summed E-state index contributed by atoms with van der Waals surface area (Å²) in [5.74, 6) is -1.69. The minimum Gasteiger partial charge on any atom is -0.310 e. The van der Waals surface area contributed by atoms with Gasteiger partial charge in [-0.3, -0.25) is 4.98 Å². The summed E-state index contributed by atoms with van der Waals surface area (Å²) in [4.78, 5) is 3.72. The van der Waals surface area contributed by atoms with Gasteiger partial charge in [-0.1, -0.05) is 6.92 Å². The highest BCUT2D eigenvalue weighted by Crippen LogP contribution is 2.21. The van der Waals surface area contributed by atoms with Crippen molar-refractivity contribution in [1.29, 1.82) is 0 Å². The molecule has 0 saturated heterocycles. The molecule has 0 aliphatic heterocycles. The molecule has 0 fully saturated rings. The lowest BCUT2D eigenvalue weighted by Crippen LogP contribution is -2.25. The monoisotopic (exact) mass is 294 g/mol. The van der Waals surface area contributed by atoms with Gasteiger partial charge in [-0.15, -0.1) is 0 Å². The van der Waals surface area contributed by atoms with E-state index in [1.54, 1.807) is 6.07 Å². The Kier molecular flexibility index (Phi) is 5.33. The van der Waals surface area contributed by atoms with Crippen LogP contribution >= 0.6 is 0 Å². The summed E-state index contributed by atoms with van der Waals surface area (Å²) >= 11 is 0. The SMILES string of the molecule is CCCNC(Cc1cc(F)cc(F)c1)c1ccncc1F. The van der Waals surface area contributed by atoms with Crippen LogP contribution in [0.4, 0.5) is 13.2 Å². The van der Waals surface area contributed by atoms with Gasteiger partial charge in [0, 0.05) is 23.9 Å². The molecule has 2 rings (SSSR count). The molecule has 21 heavy (non-hydrogen) atoms. The van der Waals surface area contributed by atoms with Crippen LogP contribution in [0.3, 0.4) is 0 Å². The summed E-state index contributed by atoms with van der Waals surface area (Å²) in [6, 6.07) is 4.59. The molecular formula is C16H17F3N2. The predicted molar refractivity (Wildman–Crippen MR) is 75.3 cm³/mol. The first-order valence-corrected chi connectivity index (χ1v) is 6.88. The fraction of sp³-hybridized carbons (Fsp3) is 0.312. The van der Waals surface area contributed by atoms with Gasteiger partial charge in [0.25, 0.3) is 0 Å². The van der Waals surface area contributed by atoms with Crippen LogP contribution in [-0.4, -0.2) is 11.5 Å². The summed E-state index contributed by atoms with van der Waals surface area (Å²) in [6.45, 7) is 2.68. The standard InChI is InChI=1S/C16H17F3N2/c1-2-4-21-16(14-3-5-20-10-15(14)19)8-11-6-12(17)9-13(18)7-11/h3,5-7,9-10,16,21H,2,4,8H2,1H3. The zero-order chi connectivity index (χ0) is 15.2. The highest BCUT2D eigenvalue weighted by atomic mass is 19.1. The van der Waals surface area contributed by atoms with E-state index in [1.165, 1.54) is 18.3 Å². The van der Waals surface area contributed by atoms with Crippen molar-refractivity contribution in [3.63, 3.8) is 0 Å². The van der Waals surface area contributed by atoms with Gasteiger partial charge in [0.1, 0.15) is 17.5 Å². The fourth-order valence-corrected chi connectivity index (χ4v) is 2.24. The average Bonchev–Trinajstić information content (AvgIpc) is 2.43. The van der Waals surface area contributed by atoms with Crippen LogP contribution in [0.15, 0.2) is 36.7 Å². The Bertz CT molecular complexity index is 582. The molecule has 2 nitrogen and oxygen atoms in total. The maximum Gasteiger partial charge on any atom is 0.146 e. The Labute approximate surface area is 122 Å². The highest BCUT2D eigenvalue weighted by molar-refractivity contribution is 5.24. The molecule has 1 aromatic heterocycles. The molecule has 1 heterocycles. The first-order valence-electron chi connectivity index (χ1n) is 6.88. The lowest BCUT2D eigenvalue weighted by Gasteiger charge is -2.19. The van der Waals surface area contributed by atoms with E-state index in [9.17, 15) is 13.2 Å². The van der Waals surface area contributed by atoms with Crippen molar-refractivity contribution in [3.8, 4) is 0 Å². The quantitative estimate of drug-likeness (QED) is 0.877. The second-order valence-electron chi connectivity index (χ2n) is 4.89. The molecule has 1 unspecified atom stereocenters. The largest absolute Gasteiger partial charge is 0.310 e. The first kappa shape index (κ1) is 15.5. The molecule has 0 spiro atoms. The Morgan fingerprint density at radius 1 is 1.14 bits per heavy atom. The molecule has 0 bridgehead atoms. The molecule has 0 amide bonds. The zero-order valence-electron chi connectivity index (χ0n) is 11.7. The van der Waals surface area contributed by atoms with Crippen LogP contribution in [0.2, 0.25) is 0 Å². The van der Waals surface area contributed by atoms with E-state index in [4.69, 9.17) is 0 Å². The molecular weight excluding hydrogens is 277 g/mol. The number of benzene rings is 1. The van der Waals surface area contributed by atoms with Gasteiger partial charge in [0.05, 0.1) is 6.20 Å². The molecule has 5 heteroatoms. The zero-order valence-corrected chi connectivity index (χ0v) is 11.7. The van der Waals surface area contributed by atoms with Crippen LogP contribution in [0.5, 0.6) is 0 Å². The maximum atomic E-state index is 13.9. The molecule has 1 atom stereocenters. The normalized spacial score (nSPS) is 12.4. The van der Waals surface area contributed by atoms with Gasteiger partial charge < -0.3 is 5.32 Å². The number of hydrogen-bond acceptors (Lipinski definition) is 2. The Hall–Kier alpha value is -1.88. The molecule has 0 saturated carbocycles. The number of pyridine rings is 1. The Balaban J connectivity index is 2.26.